The van der Waals surface area contributed by atoms with E-state index in [1.165, 1.54) is 38.5 Å². The van der Waals surface area contributed by atoms with Gasteiger partial charge in [-0.05, 0) is 171 Å². The van der Waals surface area contributed by atoms with Crippen LogP contribution in [0.3, 0.4) is 0 Å². The Morgan fingerprint density at radius 3 is 1.57 bits per heavy atom. The minimum Gasteiger partial charge on any atom is -0.495 e. The first-order valence-corrected chi connectivity index (χ1v) is 25.5. The number of oxime groups is 1. The van der Waals surface area contributed by atoms with Crippen LogP contribution in [0.1, 0.15) is 104 Å². The maximum Gasteiger partial charge on any atom is 0.258 e. The highest BCUT2D eigenvalue weighted by Gasteiger charge is 2.43. The number of hydrogen-bond donors (Lipinski definition) is 4. The van der Waals surface area contributed by atoms with E-state index in [2.05, 4.69) is 21.9 Å². The number of nitrogens with two attached hydrogens (primary N) is 1. The van der Waals surface area contributed by atoms with Crippen LogP contribution in [0.4, 0.5) is 31.5 Å². The minimum absolute atomic E-state index is 0.00519. The molecule has 75 heavy (non-hydrogen) atoms. The van der Waals surface area contributed by atoms with Crippen molar-refractivity contribution < 1.29 is 42.6 Å². The Bertz CT molecular complexity index is 3230. The lowest BCUT2D eigenvalue weighted by molar-refractivity contribution is 0.0976. The average Bonchev–Trinajstić information content (AvgIpc) is 3.90. The van der Waals surface area contributed by atoms with Gasteiger partial charge in [-0.15, -0.1) is 0 Å². The molecule has 2 spiro atoms. The molecule has 17 heteroatoms. The largest absolute Gasteiger partial charge is 0.495 e. The summed E-state index contributed by atoms with van der Waals surface area (Å²) >= 11 is 12.1. The van der Waals surface area contributed by atoms with Crippen LogP contribution in [0.2, 0.25) is 10.0 Å². The van der Waals surface area contributed by atoms with E-state index in [1.807, 2.05) is 47.4 Å². The molecule has 10 rings (SSSR count). The second-order valence-electron chi connectivity index (χ2n) is 19.9. The number of fused-ring (bicyclic) bond motifs is 2. The summed E-state index contributed by atoms with van der Waals surface area (Å²) in [7, 11) is 2.91. The topological polar surface area (TPSA) is 176 Å². The van der Waals surface area contributed by atoms with Crippen molar-refractivity contribution in [2.75, 3.05) is 47.7 Å². The van der Waals surface area contributed by atoms with Crippen LogP contribution < -0.4 is 35.6 Å². The fourth-order valence-corrected chi connectivity index (χ4v) is 11.6. The van der Waals surface area contributed by atoms with Crippen molar-refractivity contribution >= 4 is 75.3 Å². The number of carbonyl (C=O) groups is 4. The molecule has 0 aromatic heterocycles. The van der Waals surface area contributed by atoms with Crippen molar-refractivity contribution in [1.29, 1.82) is 0 Å². The number of nitrogens with zero attached hydrogens (tertiary/aromatic N) is 3. The highest BCUT2D eigenvalue weighted by atomic mass is 35.5. The Morgan fingerprint density at radius 1 is 0.640 bits per heavy atom. The molecule has 2 fully saturated rings. The number of hydrogen-bond acceptors (Lipinski definition) is 9. The van der Waals surface area contributed by atoms with Gasteiger partial charge >= 0.3 is 0 Å². The standard InChI is InChI=1S/C29H27ClFN3O4.C29H29ClFN3O3/c1-38-26-14-18(6-9-24(26)32-27(35)22-15-20(31)7-8-23(22)30)28(36)34-13-12-29(11-10-21(17-29)33-37)16-19-4-2-3-5-25(19)34;1-37-26-14-18(6-9-24(26)33-27(35)22-15-20(31)7-8-23(22)30)28(36)34-13-12-29(11-10-21(32)17-29)16-19-4-2-3-5-25(19)34/h2-9,14-15,37H,10-13,16-17H2,1H3,(H,32,35);2-9,14-15,21H,10-13,16-17,32H2,1H3,(H,33,35)/b33-21+;/t29-;21?,29-/m00/s1. The van der Waals surface area contributed by atoms with Gasteiger partial charge in [0.15, 0.2) is 0 Å². The third-order valence-electron chi connectivity index (χ3n) is 15.1. The lowest BCUT2D eigenvalue weighted by Gasteiger charge is -2.28. The van der Waals surface area contributed by atoms with Crippen LogP contribution in [0.15, 0.2) is 126 Å². The van der Waals surface area contributed by atoms with Crippen molar-refractivity contribution in [3.63, 3.8) is 0 Å². The van der Waals surface area contributed by atoms with Gasteiger partial charge in [0.1, 0.15) is 23.1 Å². The molecule has 1 unspecified atom stereocenters. The maximum absolute atomic E-state index is 13.8. The zero-order valence-corrected chi connectivity index (χ0v) is 42.9. The predicted octanol–water partition coefficient (Wildman–Crippen LogP) is 12.2. The summed E-state index contributed by atoms with van der Waals surface area (Å²) in [4.78, 5) is 56.7. The minimum atomic E-state index is -0.596. The van der Waals surface area contributed by atoms with E-state index in [-0.39, 0.29) is 55.6 Å². The van der Waals surface area contributed by atoms with E-state index in [4.69, 9.17) is 38.4 Å². The van der Waals surface area contributed by atoms with Crippen molar-refractivity contribution in [2.45, 2.75) is 70.3 Å². The van der Waals surface area contributed by atoms with E-state index in [0.717, 1.165) is 105 Å². The predicted molar refractivity (Wildman–Crippen MR) is 287 cm³/mol. The monoisotopic (exact) mass is 1060 g/mol. The van der Waals surface area contributed by atoms with Gasteiger partial charge in [0, 0.05) is 41.6 Å². The molecule has 2 heterocycles. The van der Waals surface area contributed by atoms with Crippen LogP contribution in [0.5, 0.6) is 11.5 Å². The number of ether oxygens (including phenoxy) is 2. The molecule has 6 aromatic carbocycles. The number of halogens is 4. The van der Waals surface area contributed by atoms with Crippen LogP contribution in [0.25, 0.3) is 0 Å². The molecular weight excluding hydrogens is 1000 g/mol. The summed E-state index contributed by atoms with van der Waals surface area (Å²) in [5.74, 6) is -2.05. The first-order chi connectivity index (χ1) is 36.1. The highest BCUT2D eigenvalue weighted by Crippen LogP contribution is 2.48. The van der Waals surface area contributed by atoms with Crippen molar-refractivity contribution in [2.24, 2.45) is 21.7 Å². The van der Waals surface area contributed by atoms with Crippen LogP contribution in [0, 0.1) is 22.5 Å². The molecule has 3 atom stereocenters. The number of methoxy groups -OCH3 is 2. The Kier molecular flexibility index (Phi) is 15.6. The summed E-state index contributed by atoms with van der Waals surface area (Å²) in [5.41, 5.74) is 12.7. The molecule has 0 bridgehead atoms. The van der Waals surface area contributed by atoms with Gasteiger partial charge in [-0.1, -0.05) is 64.8 Å². The van der Waals surface area contributed by atoms with Gasteiger partial charge in [0.2, 0.25) is 0 Å². The molecule has 0 saturated heterocycles. The lowest BCUT2D eigenvalue weighted by atomic mass is 9.77. The number of carbonyl (C=O) groups excluding carboxylic acids is 4. The third-order valence-corrected chi connectivity index (χ3v) is 15.7. The van der Waals surface area contributed by atoms with E-state index < -0.39 is 23.4 Å². The smallest absolute Gasteiger partial charge is 0.258 e. The van der Waals surface area contributed by atoms with Crippen molar-refractivity contribution in [3.05, 3.63) is 176 Å². The van der Waals surface area contributed by atoms with E-state index >= 15 is 0 Å². The Labute approximate surface area is 443 Å². The summed E-state index contributed by atoms with van der Waals surface area (Å²) in [6.45, 7) is 1.12. The summed E-state index contributed by atoms with van der Waals surface area (Å²) in [6.07, 6.45) is 8.85. The molecular formula is C58H56Cl2F2N6O7. The van der Waals surface area contributed by atoms with Crippen LogP contribution in [-0.4, -0.2) is 67.9 Å². The number of amides is 4. The molecule has 2 aliphatic heterocycles. The van der Waals surface area contributed by atoms with E-state index in [0.29, 0.717) is 41.3 Å². The molecule has 4 amide bonds. The molecule has 5 N–H and O–H groups in total. The third kappa shape index (κ3) is 11.4. The number of para-hydroxylation sites is 2. The van der Waals surface area contributed by atoms with Gasteiger partial charge in [-0.2, -0.15) is 0 Å². The van der Waals surface area contributed by atoms with Crippen LogP contribution >= 0.6 is 23.2 Å². The number of rotatable bonds is 8. The zero-order valence-electron chi connectivity index (χ0n) is 41.4. The quantitative estimate of drug-likeness (QED) is 0.0860. The molecule has 4 aliphatic rings. The highest BCUT2D eigenvalue weighted by molar-refractivity contribution is 6.35. The van der Waals surface area contributed by atoms with Crippen molar-refractivity contribution in [3.8, 4) is 11.5 Å². The van der Waals surface area contributed by atoms with Crippen molar-refractivity contribution in [1.82, 2.24) is 0 Å². The van der Waals surface area contributed by atoms with Gasteiger partial charge in [-0.25, -0.2) is 8.78 Å². The molecule has 388 valence electrons. The normalized spacial score (nSPS) is 20.3. The fourth-order valence-electron chi connectivity index (χ4n) is 11.2. The SMILES string of the molecule is COc1cc(C(=O)N2CC[C@@]3(CC/C(=N\O)C3)Cc3ccccc32)ccc1NC(=O)c1cc(F)ccc1Cl.COc1cc(C(=O)N2CC[C@@]3(CCC(N)C3)Cc3ccccc32)ccc1NC(=O)c1cc(F)ccc1Cl. The van der Waals surface area contributed by atoms with Crippen LogP contribution in [-0.2, 0) is 12.8 Å². The summed E-state index contributed by atoms with van der Waals surface area (Å²) in [5, 5.41) is 18.4. The number of benzene rings is 6. The van der Waals surface area contributed by atoms with Gasteiger partial charge in [0.25, 0.3) is 23.6 Å². The van der Waals surface area contributed by atoms with E-state index in [1.54, 1.807) is 41.3 Å². The molecule has 13 nitrogen and oxygen atoms in total. The summed E-state index contributed by atoms with van der Waals surface area (Å²) in [6, 6.07) is 33.0. The molecule has 6 aromatic rings. The molecule has 0 radical (unpaired) electrons. The fraction of sp³-hybridized carbons (Fsp3) is 0.293. The Balaban J connectivity index is 0.000000184. The maximum atomic E-state index is 13.8. The zero-order chi connectivity index (χ0) is 53.0. The van der Waals surface area contributed by atoms with Gasteiger partial charge in [-0.3, -0.25) is 19.2 Å². The first kappa shape index (κ1) is 52.5. The first-order valence-electron chi connectivity index (χ1n) is 24.7. The Morgan fingerprint density at radius 2 is 1.12 bits per heavy atom. The summed E-state index contributed by atoms with van der Waals surface area (Å²) < 4.78 is 38.3. The number of anilines is 4. The molecule has 2 saturated carbocycles. The average molecular weight is 1060 g/mol. The Hall–Kier alpha value is -7.33. The lowest BCUT2D eigenvalue weighted by Crippen LogP contribution is -2.33. The van der Waals surface area contributed by atoms with E-state index in [9.17, 15) is 33.2 Å². The molecule has 2 aliphatic carbocycles. The second kappa shape index (κ2) is 22.3. The second-order valence-corrected chi connectivity index (χ2v) is 20.7. The van der Waals surface area contributed by atoms with Gasteiger partial charge in [0.05, 0.1) is 52.5 Å². The van der Waals surface area contributed by atoms with Gasteiger partial charge < -0.3 is 40.8 Å². The number of nitrogens with one attached hydrogen (secondary N) is 2.